The van der Waals surface area contributed by atoms with E-state index in [1.54, 1.807) is 6.26 Å². The molecular formula is C22H33N5O. The normalized spacial score (nSPS) is 16.3. The molecule has 0 saturated carbocycles. The van der Waals surface area contributed by atoms with Gasteiger partial charge < -0.3 is 20.0 Å². The average molecular weight is 384 g/mol. The van der Waals surface area contributed by atoms with Gasteiger partial charge in [0.05, 0.1) is 19.4 Å². The highest BCUT2D eigenvalue weighted by Crippen LogP contribution is 2.14. The van der Waals surface area contributed by atoms with Crippen molar-refractivity contribution in [2.24, 2.45) is 4.99 Å². The number of aliphatic imine (C=N–C) groups is 1. The van der Waals surface area contributed by atoms with Crippen LogP contribution in [0.4, 0.5) is 0 Å². The number of hydrogen-bond acceptors (Lipinski definition) is 4. The van der Waals surface area contributed by atoms with Crippen LogP contribution in [0.2, 0.25) is 0 Å². The van der Waals surface area contributed by atoms with Crippen LogP contribution in [0.1, 0.15) is 30.7 Å². The van der Waals surface area contributed by atoms with E-state index in [0.717, 1.165) is 57.5 Å². The summed E-state index contributed by atoms with van der Waals surface area (Å²) in [5.74, 6) is 1.71. The minimum atomic E-state index is 0.627. The van der Waals surface area contributed by atoms with Gasteiger partial charge in [-0.05, 0) is 36.7 Å². The Morgan fingerprint density at radius 2 is 1.71 bits per heavy atom. The number of likely N-dealkylation sites (N-methyl/N-ethyl adjacent to an activating group) is 1. The number of nitrogens with one attached hydrogen (secondary N) is 2. The van der Waals surface area contributed by atoms with E-state index < -0.39 is 0 Å². The number of benzene rings is 1. The van der Waals surface area contributed by atoms with Gasteiger partial charge in [0.1, 0.15) is 5.76 Å². The van der Waals surface area contributed by atoms with E-state index in [2.05, 4.69) is 58.5 Å². The van der Waals surface area contributed by atoms with Crippen molar-refractivity contribution in [2.75, 3.05) is 39.3 Å². The van der Waals surface area contributed by atoms with Gasteiger partial charge in [-0.1, -0.05) is 31.2 Å². The van der Waals surface area contributed by atoms with Crippen LogP contribution in [-0.4, -0.2) is 55.0 Å². The summed E-state index contributed by atoms with van der Waals surface area (Å²) < 4.78 is 5.39. The summed E-state index contributed by atoms with van der Waals surface area (Å²) in [7, 11) is 0. The van der Waals surface area contributed by atoms with Gasteiger partial charge in [0, 0.05) is 39.3 Å². The molecular weight excluding hydrogens is 350 g/mol. The highest BCUT2D eigenvalue weighted by molar-refractivity contribution is 5.79. The predicted octanol–water partition coefficient (Wildman–Crippen LogP) is 2.67. The molecule has 1 aromatic carbocycles. The Morgan fingerprint density at radius 1 is 0.964 bits per heavy atom. The maximum atomic E-state index is 5.39. The molecule has 6 heteroatoms. The molecule has 28 heavy (non-hydrogen) atoms. The number of furan rings is 1. The molecule has 0 unspecified atom stereocenters. The topological polar surface area (TPSA) is 56.0 Å². The van der Waals surface area contributed by atoms with Crippen molar-refractivity contribution in [3.05, 3.63) is 59.5 Å². The Bertz CT molecular complexity index is 720. The molecule has 3 rings (SSSR count). The SMILES string of the molecule is CCNC(=NCc1ccccc1CN1CCN(CC)CC1)NCc1ccco1. The Labute approximate surface area is 168 Å². The Kier molecular flexibility index (Phi) is 7.94. The van der Waals surface area contributed by atoms with Gasteiger partial charge in [-0.3, -0.25) is 4.90 Å². The van der Waals surface area contributed by atoms with Crippen molar-refractivity contribution in [3.63, 3.8) is 0 Å². The zero-order chi connectivity index (χ0) is 19.6. The van der Waals surface area contributed by atoms with Gasteiger partial charge in [-0.2, -0.15) is 0 Å². The molecule has 2 N–H and O–H groups in total. The van der Waals surface area contributed by atoms with E-state index in [1.165, 1.54) is 11.1 Å². The minimum absolute atomic E-state index is 0.627. The second-order valence-corrected chi connectivity index (χ2v) is 7.11. The molecule has 0 radical (unpaired) electrons. The Balaban J connectivity index is 1.60. The lowest BCUT2D eigenvalue weighted by Crippen LogP contribution is -2.45. The summed E-state index contributed by atoms with van der Waals surface area (Å²) in [6.45, 7) is 13.2. The van der Waals surface area contributed by atoms with Gasteiger partial charge in [0.2, 0.25) is 0 Å². The molecule has 1 saturated heterocycles. The first-order chi connectivity index (χ1) is 13.8. The van der Waals surface area contributed by atoms with E-state index in [1.807, 2.05) is 12.1 Å². The molecule has 152 valence electrons. The van der Waals surface area contributed by atoms with E-state index in [4.69, 9.17) is 9.41 Å². The standard InChI is InChI=1S/C22H33N5O/c1-3-23-22(25-17-21-10-7-15-28-21)24-16-19-8-5-6-9-20(19)18-27-13-11-26(4-2)12-14-27/h5-10,15H,3-4,11-14,16-18H2,1-2H3,(H2,23,24,25). The van der Waals surface area contributed by atoms with E-state index >= 15 is 0 Å². The lowest BCUT2D eigenvalue weighted by atomic mass is 10.1. The van der Waals surface area contributed by atoms with Crippen molar-refractivity contribution in [2.45, 2.75) is 33.5 Å². The number of rotatable bonds is 8. The predicted molar refractivity (Wildman–Crippen MR) is 114 cm³/mol. The van der Waals surface area contributed by atoms with Crippen LogP contribution in [0, 0.1) is 0 Å². The Hall–Kier alpha value is -2.31. The molecule has 0 atom stereocenters. The second-order valence-electron chi connectivity index (χ2n) is 7.11. The molecule has 1 aromatic heterocycles. The van der Waals surface area contributed by atoms with Crippen molar-refractivity contribution in [3.8, 4) is 0 Å². The third-order valence-electron chi connectivity index (χ3n) is 5.19. The van der Waals surface area contributed by atoms with Gasteiger partial charge in [-0.25, -0.2) is 4.99 Å². The first kappa shape index (κ1) is 20.4. The lowest BCUT2D eigenvalue weighted by Gasteiger charge is -2.34. The lowest BCUT2D eigenvalue weighted by molar-refractivity contribution is 0.131. The molecule has 0 bridgehead atoms. The Morgan fingerprint density at radius 3 is 2.39 bits per heavy atom. The average Bonchev–Trinajstić information content (AvgIpc) is 3.25. The summed E-state index contributed by atoms with van der Waals surface area (Å²) >= 11 is 0. The highest BCUT2D eigenvalue weighted by Gasteiger charge is 2.16. The van der Waals surface area contributed by atoms with E-state index in [-0.39, 0.29) is 0 Å². The number of guanidine groups is 1. The third-order valence-corrected chi connectivity index (χ3v) is 5.19. The minimum Gasteiger partial charge on any atom is -0.467 e. The monoisotopic (exact) mass is 383 g/mol. The fourth-order valence-electron chi connectivity index (χ4n) is 3.46. The van der Waals surface area contributed by atoms with Crippen molar-refractivity contribution in [1.29, 1.82) is 0 Å². The van der Waals surface area contributed by atoms with Crippen LogP contribution >= 0.6 is 0 Å². The molecule has 0 amide bonds. The van der Waals surface area contributed by atoms with Gasteiger partial charge >= 0.3 is 0 Å². The third kappa shape index (κ3) is 6.11. The van der Waals surface area contributed by atoms with Crippen LogP contribution in [0.3, 0.4) is 0 Å². The first-order valence-electron chi connectivity index (χ1n) is 10.3. The quantitative estimate of drug-likeness (QED) is 0.542. The van der Waals surface area contributed by atoms with E-state index in [0.29, 0.717) is 13.1 Å². The van der Waals surface area contributed by atoms with Crippen LogP contribution in [-0.2, 0) is 19.6 Å². The number of nitrogens with zero attached hydrogens (tertiary/aromatic N) is 3. The number of piperazine rings is 1. The van der Waals surface area contributed by atoms with E-state index in [9.17, 15) is 0 Å². The summed E-state index contributed by atoms with van der Waals surface area (Å²) in [6.07, 6.45) is 1.69. The van der Waals surface area contributed by atoms with Gasteiger partial charge in [-0.15, -0.1) is 0 Å². The zero-order valence-corrected chi connectivity index (χ0v) is 17.2. The maximum Gasteiger partial charge on any atom is 0.191 e. The van der Waals surface area contributed by atoms with Crippen LogP contribution in [0.15, 0.2) is 52.1 Å². The second kappa shape index (κ2) is 10.9. The summed E-state index contributed by atoms with van der Waals surface area (Å²) in [6, 6.07) is 12.5. The summed E-state index contributed by atoms with van der Waals surface area (Å²) in [4.78, 5) is 9.85. The van der Waals surface area contributed by atoms with Crippen molar-refractivity contribution in [1.82, 2.24) is 20.4 Å². The fourth-order valence-corrected chi connectivity index (χ4v) is 3.46. The number of hydrogen-bond donors (Lipinski definition) is 2. The van der Waals surface area contributed by atoms with Crippen LogP contribution in [0.25, 0.3) is 0 Å². The van der Waals surface area contributed by atoms with Crippen molar-refractivity contribution >= 4 is 5.96 Å². The fraction of sp³-hybridized carbons (Fsp3) is 0.500. The molecule has 2 heterocycles. The van der Waals surface area contributed by atoms with Crippen LogP contribution < -0.4 is 10.6 Å². The molecule has 0 spiro atoms. The molecule has 1 aliphatic rings. The first-order valence-corrected chi connectivity index (χ1v) is 10.3. The van der Waals surface area contributed by atoms with Crippen molar-refractivity contribution < 1.29 is 4.42 Å². The molecule has 2 aromatic rings. The zero-order valence-electron chi connectivity index (χ0n) is 17.2. The van der Waals surface area contributed by atoms with Gasteiger partial charge in [0.15, 0.2) is 5.96 Å². The smallest absolute Gasteiger partial charge is 0.191 e. The molecule has 1 aliphatic heterocycles. The molecule has 0 aliphatic carbocycles. The largest absolute Gasteiger partial charge is 0.467 e. The maximum absolute atomic E-state index is 5.39. The molecule has 6 nitrogen and oxygen atoms in total. The highest BCUT2D eigenvalue weighted by atomic mass is 16.3. The van der Waals surface area contributed by atoms with Gasteiger partial charge in [0.25, 0.3) is 0 Å². The summed E-state index contributed by atoms with van der Waals surface area (Å²) in [5.41, 5.74) is 2.66. The van der Waals surface area contributed by atoms with Crippen LogP contribution in [0.5, 0.6) is 0 Å². The molecule has 1 fully saturated rings. The summed E-state index contributed by atoms with van der Waals surface area (Å²) in [5, 5.41) is 6.64.